The molecule has 37 heavy (non-hydrogen) atoms. The predicted octanol–water partition coefficient (Wildman–Crippen LogP) is 4.48. The second-order valence-electron chi connectivity index (χ2n) is 9.42. The van der Waals surface area contributed by atoms with E-state index < -0.39 is 11.6 Å². The van der Waals surface area contributed by atoms with E-state index in [9.17, 15) is 13.9 Å². The Morgan fingerprint density at radius 3 is 2.68 bits per heavy atom. The SMILES string of the molecule is CON[C@H](CC[C@@H]1CCN(CC#Cc2cc(F)cc(F)c2)C[C@@H]1CO)c1ccnc2ccc(OC)cc12. The van der Waals surface area contributed by atoms with Gasteiger partial charge in [0.2, 0.25) is 0 Å². The summed E-state index contributed by atoms with van der Waals surface area (Å²) in [5.41, 5.74) is 5.46. The summed E-state index contributed by atoms with van der Waals surface area (Å²) in [5, 5.41) is 11.1. The molecule has 4 rings (SSSR count). The smallest absolute Gasteiger partial charge is 0.127 e. The molecule has 196 valence electrons. The van der Waals surface area contributed by atoms with Crippen LogP contribution in [-0.2, 0) is 4.84 Å². The van der Waals surface area contributed by atoms with E-state index in [-0.39, 0.29) is 18.6 Å². The number of methoxy groups -OCH3 is 1. The van der Waals surface area contributed by atoms with Crippen LogP contribution in [0.15, 0.2) is 48.7 Å². The zero-order valence-electron chi connectivity index (χ0n) is 21.2. The molecule has 0 amide bonds. The van der Waals surface area contributed by atoms with E-state index in [1.807, 2.05) is 30.5 Å². The van der Waals surface area contributed by atoms with Gasteiger partial charge in [-0.2, -0.15) is 5.48 Å². The lowest BCUT2D eigenvalue weighted by molar-refractivity contribution is 0.0444. The van der Waals surface area contributed by atoms with Crippen molar-refractivity contribution in [1.82, 2.24) is 15.4 Å². The third-order valence-corrected chi connectivity index (χ3v) is 7.05. The van der Waals surface area contributed by atoms with Crippen LogP contribution in [0.4, 0.5) is 8.78 Å². The number of rotatable bonds is 9. The molecule has 0 radical (unpaired) electrons. The van der Waals surface area contributed by atoms with Crippen LogP contribution in [0.3, 0.4) is 0 Å². The fraction of sp³-hybridized carbons (Fsp3) is 0.414. The summed E-state index contributed by atoms with van der Waals surface area (Å²) < 4.78 is 32.2. The summed E-state index contributed by atoms with van der Waals surface area (Å²) in [7, 11) is 3.27. The topological polar surface area (TPSA) is 66.9 Å². The van der Waals surface area contributed by atoms with Gasteiger partial charge in [-0.1, -0.05) is 11.8 Å². The van der Waals surface area contributed by atoms with Crippen molar-refractivity contribution < 1.29 is 23.5 Å². The van der Waals surface area contributed by atoms with E-state index in [1.54, 1.807) is 14.2 Å². The fourth-order valence-corrected chi connectivity index (χ4v) is 5.14. The number of hydroxylamine groups is 1. The molecule has 1 aliphatic rings. The lowest BCUT2D eigenvalue weighted by Gasteiger charge is -2.37. The highest BCUT2D eigenvalue weighted by Crippen LogP contribution is 2.33. The Hall–Kier alpha value is -3.09. The van der Waals surface area contributed by atoms with Crippen molar-refractivity contribution in [3.05, 3.63) is 71.4 Å². The number of ether oxygens (including phenoxy) is 1. The Balaban J connectivity index is 1.39. The van der Waals surface area contributed by atoms with Crippen molar-refractivity contribution in [3.63, 3.8) is 0 Å². The Kier molecular flexibility index (Phi) is 9.42. The fourth-order valence-electron chi connectivity index (χ4n) is 5.14. The standard InChI is InChI=1S/C29H33F2N3O3/c1-36-25-6-8-28-27(17-25)26(9-11-32-28)29(33-37-2)7-5-21-10-13-34(18-22(21)19-35)12-3-4-20-14-23(30)16-24(31)15-20/h6,8-9,11,14-17,21-22,29,33,35H,5,7,10,12-13,18-19H2,1-2H3/t21-,22-,29-/m1/s1. The number of fused-ring (bicyclic) bond motifs is 1. The van der Waals surface area contributed by atoms with Crippen molar-refractivity contribution in [2.24, 2.45) is 11.8 Å². The van der Waals surface area contributed by atoms with Gasteiger partial charge in [-0.25, -0.2) is 8.78 Å². The van der Waals surface area contributed by atoms with Crippen molar-refractivity contribution in [2.75, 3.05) is 40.5 Å². The maximum atomic E-state index is 13.4. The largest absolute Gasteiger partial charge is 0.497 e. The Morgan fingerprint density at radius 2 is 1.95 bits per heavy atom. The zero-order chi connectivity index (χ0) is 26.2. The average molecular weight is 510 g/mol. The molecule has 8 heteroatoms. The number of nitrogens with one attached hydrogen (secondary N) is 1. The van der Waals surface area contributed by atoms with E-state index in [2.05, 4.69) is 27.2 Å². The minimum absolute atomic E-state index is 0.0440. The van der Waals surface area contributed by atoms with Gasteiger partial charge in [0.25, 0.3) is 0 Å². The highest BCUT2D eigenvalue weighted by atomic mass is 19.1. The molecule has 0 bridgehead atoms. The number of likely N-dealkylation sites (tertiary alicyclic amines) is 1. The van der Waals surface area contributed by atoms with E-state index in [0.717, 1.165) is 60.6 Å². The molecule has 0 spiro atoms. The van der Waals surface area contributed by atoms with Crippen LogP contribution < -0.4 is 10.2 Å². The molecule has 2 heterocycles. The van der Waals surface area contributed by atoms with Gasteiger partial charge in [0, 0.05) is 36.4 Å². The first-order chi connectivity index (χ1) is 18.0. The molecule has 1 fully saturated rings. The predicted molar refractivity (Wildman–Crippen MR) is 139 cm³/mol. The lowest BCUT2D eigenvalue weighted by Crippen LogP contribution is -2.42. The summed E-state index contributed by atoms with van der Waals surface area (Å²) in [5.74, 6) is 5.85. The molecule has 3 atom stereocenters. The van der Waals surface area contributed by atoms with Crippen LogP contribution in [0.2, 0.25) is 0 Å². The molecule has 3 aromatic rings. The highest BCUT2D eigenvalue weighted by Gasteiger charge is 2.29. The second kappa shape index (κ2) is 12.9. The minimum Gasteiger partial charge on any atom is -0.497 e. The lowest BCUT2D eigenvalue weighted by atomic mass is 9.81. The molecule has 2 aromatic carbocycles. The summed E-state index contributed by atoms with van der Waals surface area (Å²) in [6, 6.07) is 11.1. The van der Waals surface area contributed by atoms with Crippen LogP contribution >= 0.6 is 0 Å². The molecule has 1 aromatic heterocycles. The van der Waals surface area contributed by atoms with Gasteiger partial charge in [-0.05, 0) is 79.6 Å². The number of benzene rings is 2. The molecule has 1 aliphatic heterocycles. The molecule has 0 saturated carbocycles. The van der Waals surface area contributed by atoms with E-state index in [4.69, 9.17) is 9.57 Å². The molecule has 0 unspecified atom stereocenters. The van der Waals surface area contributed by atoms with Crippen LogP contribution in [-0.4, -0.2) is 55.5 Å². The summed E-state index contributed by atoms with van der Waals surface area (Å²) in [4.78, 5) is 12.0. The highest BCUT2D eigenvalue weighted by molar-refractivity contribution is 5.84. The molecule has 1 saturated heterocycles. The van der Waals surface area contributed by atoms with Crippen molar-refractivity contribution in [1.29, 1.82) is 0 Å². The maximum Gasteiger partial charge on any atom is 0.127 e. The van der Waals surface area contributed by atoms with Gasteiger partial charge in [0.15, 0.2) is 0 Å². The number of hydrogen-bond donors (Lipinski definition) is 2. The van der Waals surface area contributed by atoms with E-state index in [0.29, 0.717) is 18.0 Å². The van der Waals surface area contributed by atoms with Crippen LogP contribution in [0.5, 0.6) is 5.75 Å². The van der Waals surface area contributed by atoms with Gasteiger partial charge in [-0.15, -0.1) is 0 Å². The Morgan fingerprint density at radius 1 is 1.14 bits per heavy atom. The van der Waals surface area contributed by atoms with Crippen molar-refractivity contribution in [2.45, 2.75) is 25.3 Å². The number of piperidine rings is 1. The maximum absolute atomic E-state index is 13.4. The number of aliphatic hydroxyl groups excluding tert-OH is 1. The third kappa shape index (κ3) is 7.02. The summed E-state index contributed by atoms with van der Waals surface area (Å²) in [6.07, 6.45) is 4.49. The van der Waals surface area contributed by atoms with Gasteiger partial charge in [0.1, 0.15) is 17.4 Å². The number of pyridine rings is 1. The number of hydrogen-bond acceptors (Lipinski definition) is 6. The van der Waals surface area contributed by atoms with E-state index in [1.165, 1.54) is 12.1 Å². The molecule has 6 nitrogen and oxygen atoms in total. The quantitative estimate of drug-likeness (QED) is 0.328. The monoisotopic (exact) mass is 509 g/mol. The van der Waals surface area contributed by atoms with Crippen LogP contribution in [0.25, 0.3) is 10.9 Å². The average Bonchev–Trinajstić information content (AvgIpc) is 2.90. The number of halogens is 2. The van der Waals surface area contributed by atoms with Crippen LogP contribution in [0, 0.1) is 35.3 Å². The number of nitrogens with zero attached hydrogens (tertiary/aromatic N) is 2. The number of aromatic nitrogens is 1. The summed E-state index contributed by atoms with van der Waals surface area (Å²) in [6.45, 7) is 2.16. The van der Waals surface area contributed by atoms with Gasteiger partial charge >= 0.3 is 0 Å². The molecular weight excluding hydrogens is 476 g/mol. The van der Waals surface area contributed by atoms with Gasteiger partial charge in [-0.3, -0.25) is 9.88 Å². The first-order valence-electron chi connectivity index (χ1n) is 12.5. The second-order valence-corrected chi connectivity index (χ2v) is 9.42. The van der Waals surface area contributed by atoms with Crippen molar-refractivity contribution in [3.8, 4) is 17.6 Å². The third-order valence-electron chi connectivity index (χ3n) is 7.05. The first kappa shape index (κ1) is 27.0. The van der Waals surface area contributed by atoms with E-state index >= 15 is 0 Å². The summed E-state index contributed by atoms with van der Waals surface area (Å²) >= 11 is 0. The zero-order valence-corrected chi connectivity index (χ0v) is 21.2. The molecule has 0 aliphatic carbocycles. The Bertz CT molecular complexity index is 1240. The molecular formula is C29H33F2N3O3. The van der Waals surface area contributed by atoms with Crippen LogP contribution in [0.1, 0.15) is 36.4 Å². The normalized spacial score (nSPS) is 18.8. The Labute approximate surface area is 216 Å². The number of aliphatic hydroxyl groups is 1. The first-order valence-corrected chi connectivity index (χ1v) is 12.5. The minimum atomic E-state index is -0.634. The van der Waals surface area contributed by atoms with Gasteiger partial charge < -0.3 is 14.7 Å². The van der Waals surface area contributed by atoms with Crippen molar-refractivity contribution >= 4 is 10.9 Å². The molecule has 2 N–H and O–H groups in total. The van der Waals surface area contributed by atoms with Gasteiger partial charge in [0.05, 0.1) is 32.3 Å².